The second kappa shape index (κ2) is 18.9. The zero-order chi connectivity index (χ0) is 48.3. The Balaban J connectivity index is 0.000000149. The van der Waals surface area contributed by atoms with Gasteiger partial charge in [-0.2, -0.15) is 0 Å². The van der Waals surface area contributed by atoms with Gasteiger partial charge in [0, 0.05) is 39.4 Å². The molecule has 3 aromatic heterocycles. The number of benzene rings is 6. The normalized spacial score (nSPS) is 10.7. The number of carbonyl (C=O) groups is 3. The highest BCUT2D eigenvalue weighted by molar-refractivity contribution is 6.30. The van der Waals surface area contributed by atoms with Crippen LogP contribution in [0.3, 0.4) is 0 Å². The third-order valence-corrected chi connectivity index (χ3v) is 10.6. The number of methoxy groups -OCH3 is 1. The summed E-state index contributed by atoms with van der Waals surface area (Å²) in [6, 6.07) is 34.1. The predicted molar refractivity (Wildman–Crippen MR) is 252 cm³/mol. The van der Waals surface area contributed by atoms with Crippen LogP contribution < -0.4 is 21.0 Å². The van der Waals surface area contributed by atoms with Crippen molar-refractivity contribution in [3.05, 3.63) is 186 Å². The number of aromatic carboxylic acids is 3. The van der Waals surface area contributed by atoms with Gasteiger partial charge in [-0.25, -0.2) is 14.4 Å². The molecule has 0 aliphatic rings. The quantitative estimate of drug-likeness (QED) is 0.0724. The Hall–Kier alpha value is -9.15. The van der Waals surface area contributed by atoms with E-state index in [1.807, 2.05) is 31.2 Å². The monoisotopic (exact) mass is 921 g/mol. The molecule has 0 saturated heterocycles. The number of hydrogen-bond donors (Lipinski definition) is 9. The first-order chi connectivity index (χ1) is 31.9. The lowest BCUT2D eigenvalue weighted by molar-refractivity contribution is 0.0680. The number of aromatic nitrogens is 3. The third-order valence-electron chi connectivity index (χ3n) is 10.4. The van der Waals surface area contributed by atoms with Gasteiger partial charge in [-0.1, -0.05) is 65.7 Å². The summed E-state index contributed by atoms with van der Waals surface area (Å²) in [6.45, 7) is 1.95. The lowest BCUT2D eigenvalue weighted by Gasteiger charge is -2.08. The molecule has 6 aromatic carbocycles. The van der Waals surface area contributed by atoms with Crippen molar-refractivity contribution in [3.63, 3.8) is 0 Å². The highest BCUT2D eigenvalue weighted by Gasteiger charge is 2.16. The molecule has 16 nitrogen and oxygen atoms in total. The van der Waals surface area contributed by atoms with E-state index in [0.29, 0.717) is 27.5 Å². The molecule has 17 heteroatoms. The molecule has 9 aromatic rings. The number of carboxylic acid groups (broad SMARTS) is 3. The summed E-state index contributed by atoms with van der Waals surface area (Å²) < 4.78 is 5.09. The SMILES string of the molecule is COc1ccc(-c2cc(O)c3[nH]c(C(=O)O)cc(=O)c3c2)cc1.Cc1cccc(-c2cc(O)c3[nH]c(C(=O)O)cc(=O)c3c2)c1.O=C(O)c1cc(=O)c2cc(-c3ccc(Cl)cc3)cc(O)c2[nH]1. The van der Waals surface area contributed by atoms with Crippen LogP contribution in [-0.4, -0.2) is 70.6 Å². The van der Waals surface area contributed by atoms with E-state index in [-0.39, 0.29) is 67.0 Å². The van der Waals surface area contributed by atoms with Gasteiger partial charge in [0.2, 0.25) is 0 Å². The minimum atomic E-state index is -1.26. The molecule has 0 bridgehead atoms. The van der Waals surface area contributed by atoms with Crippen LogP contribution in [-0.2, 0) is 0 Å². The van der Waals surface area contributed by atoms with Crippen LogP contribution in [0, 0.1) is 6.92 Å². The number of aromatic amines is 3. The van der Waals surface area contributed by atoms with Crippen molar-refractivity contribution in [2.24, 2.45) is 0 Å². The molecular weight excluding hydrogens is 886 g/mol. The predicted octanol–water partition coefficient (Wildman–Crippen LogP) is 8.77. The number of hydrogen-bond acceptors (Lipinski definition) is 10. The maximum absolute atomic E-state index is 12.1. The Morgan fingerprint density at radius 3 is 1.16 bits per heavy atom. The Kier molecular flexibility index (Phi) is 12.9. The van der Waals surface area contributed by atoms with Gasteiger partial charge in [0.05, 0.1) is 23.7 Å². The summed E-state index contributed by atoms with van der Waals surface area (Å²) in [4.78, 5) is 76.9. The number of phenols is 3. The van der Waals surface area contributed by atoms with Gasteiger partial charge < -0.3 is 50.3 Å². The molecule has 67 heavy (non-hydrogen) atoms. The Morgan fingerprint density at radius 1 is 0.463 bits per heavy atom. The molecule has 0 amide bonds. The maximum Gasteiger partial charge on any atom is 0.352 e. The Labute approximate surface area is 381 Å². The second-order valence-corrected chi connectivity index (χ2v) is 15.4. The molecule has 3 heterocycles. The number of aromatic hydroxyl groups is 3. The van der Waals surface area contributed by atoms with Crippen molar-refractivity contribution in [3.8, 4) is 56.4 Å². The van der Waals surface area contributed by atoms with E-state index in [0.717, 1.165) is 40.5 Å². The molecule has 0 aliphatic heterocycles. The first kappa shape index (κ1) is 45.9. The molecular formula is C50H36ClN3O13. The number of aryl methyl sites for hydroxylation is 1. The van der Waals surface area contributed by atoms with E-state index in [4.69, 9.17) is 31.7 Å². The summed E-state index contributed by atoms with van der Waals surface area (Å²) in [6.07, 6.45) is 0. The molecule has 0 atom stereocenters. The van der Waals surface area contributed by atoms with Gasteiger partial charge in [-0.15, -0.1) is 0 Å². The standard InChI is InChI=1S/C17H13NO5.C17H13NO4.C16H10ClNO4/c1-23-11-4-2-9(3-5-11)10-6-12-14(19)8-13(17(21)22)18-16(12)15(20)7-10;1-9-3-2-4-10(5-9)11-6-12-14(19)8-13(17(21)22)18-16(12)15(20)7-11;17-10-3-1-8(2-4-10)9-5-11-13(19)7-12(16(21)22)18-15(11)14(20)6-9/h2-8,20H,1H3,(H,18,19)(H,21,22);2-8,20H,1H3,(H,18,19)(H,21,22);1-7,20H,(H,18,19)(H,21,22). The van der Waals surface area contributed by atoms with Crippen LogP contribution >= 0.6 is 11.6 Å². The topological polar surface area (TPSA) is 280 Å². The molecule has 9 rings (SSSR count). The molecule has 0 spiro atoms. The Morgan fingerprint density at radius 2 is 0.821 bits per heavy atom. The fraction of sp³-hybridized carbons (Fsp3) is 0.0400. The van der Waals surface area contributed by atoms with E-state index in [2.05, 4.69) is 15.0 Å². The van der Waals surface area contributed by atoms with Crippen LogP contribution in [0.25, 0.3) is 66.1 Å². The average molecular weight is 922 g/mol. The fourth-order valence-corrected chi connectivity index (χ4v) is 7.22. The number of carboxylic acids is 3. The van der Waals surface area contributed by atoms with Crippen LogP contribution in [0.5, 0.6) is 23.0 Å². The van der Waals surface area contributed by atoms with Crippen molar-refractivity contribution in [2.45, 2.75) is 6.92 Å². The fourth-order valence-electron chi connectivity index (χ4n) is 7.09. The van der Waals surface area contributed by atoms with Gasteiger partial charge in [-0.3, -0.25) is 14.4 Å². The molecule has 9 N–H and O–H groups in total. The number of H-pyrrole nitrogens is 3. The lowest BCUT2D eigenvalue weighted by Crippen LogP contribution is -2.09. The van der Waals surface area contributed by atoms with E-state index >= 15 is 0 Å². The number of rotatable bonds is 7. The minimum Gasteiger partial charge on any atom is -0.506 e. The highest BCUT2D eigenvalue weighted by Crippen LogP contribution is 2.33. The van der Waals surface area contributed by atoms with Crippen LogP contribution in [0.1, 0.15) is 37.0 Å². The summed E-state index contributed by atoms with van der Waals surface area (Å²) in [5, 5.41) is 58.6. The van der Waals surface area contributed by atoms with Crippen LogP contribution in [0.4, 0.5) is 0 Å². The lowest BCUT2D eigenvalue weighted by atomic mass is 10.0. The van der Waals surface area contributed by atoms with E-state index < -0.39 is 34.2 Å². The number of halogens is 1. The Bertz CT molecular complexity index is 3620. The van der Waals surface area contributed by atoms with Crippen molar-refractivity contribution in [1.82, 2.24) is 15.0 Å². The summed E-state index contributed by atoms with van der Waals surface area (Å²) >= 11 is 5.84. The van der Waals surface area contributed by atoms with Crippen molar-refractivity contribution >= 4 is 62.2 Å². The van der Waals surface area contributed by atoms with Gasteiger partial charge >= 0.3 is 17.9 Å². The van der Waals surface area contributed by atoms with Gasteiger partial charge in [0.1, 0.15) is 40.1 Å². The zero-order valence-electron chi connectivity index (χ0n) is 35.0. The summed E-state index contributed by atoms with van der Waals surface area (Å²) in [5.41, 5.74) is 3.63. The molecule has 0 radical (unpaired) electrons. The third kappa shape index (κ3) is 9.99. The largest absolute Gasteiger partial charge is 0.506 e. The maximum atomic E-state index is 12.1. The first-order valence-electron chi connectivity index (χ1n) is 19.8. The van der Waals surface area contributed by atoms with Crippen molar-refractivity contribution in [1.29, 1.82) is 0 Å². The number of pyridine rings is 3. The zero-order valence-corrected chi connectivity index (χ0v) is 35.8. The summed E-state index contributed by atoms with van der Waals surface area (Å²) in [5.74, 6) is -3.61. The molecule has 0 aliphatic carbocycles. The molecule has 0 saturated carbocycles. The van der Waals surface area contributed by atoms with Gasteiger partial charge in [0.15, 0.2) is 16.3 Å². The molecule has 336 valence electrons. The van der Waals surface area contributed by atoms with Crippen molar-refractivity contribution < 1.29 is 49.8 Å². The van der Waals surface area contributed by atoms with E-state index in [9.17, 15) is 44.1 Å². The number of phenolic OH excluding ortho intramolecular Hbond substituents is 3. The molecule has 0 unspecified atom stereocenters. The smallest absolute Gasteiger partial charge is 0.352 e. The van der Waals surface area contributed by atoms with Crippen molar-refractivity contribution in [2.75, 3.05) is 7.11 Å². The highest BCUT2D eigenvalue weighted by atomic mass is 35.5. The number of fused-ring (bicyclic) bond motifs is 3. The first-order valence-corrected chi connectivity index (χ1v) is 20.2. The second-order valence-electron chi connectivity index (χ2n) is 14.9. The van der Waals surface area contributed by atoms with Gasteiger partial charge in [-0.05, 0) is 101 Å². The van der Waals surface area contributed by atoms with E-state index in [1.54, 1.807) is 73.8 Å². The number of nitrogens with one attached hydrogen (secondary N) is 3. The molecule has 0 fully saturated rings. The van der Waals surface area contributed by atoms with Gasteiger partial charge in [0.25, 0.3) is 0 Å². The minimum absolute atomic E-state index is 0.0996. The number of ether oxygens (including phenoxy) is 1. The summed E-state index contributed by atoms with van der Waals surface area (Å²) in [7, 11) is 1.57. The average Bonchev–Trinajstić information content (AvgIpc) is 3.30. The van der Waals surface area contributed by atoms with Crippen LogP contribution in [0.2, 0.25) is 5.02 Å². The van der Waals surface area contributed by atoms with Crippen LogP contribution in [0.15, 0.2) is 142 Å². The van der Waals surface area contributed by atoms with E-state index in [1.165, 1.54) is 18.2 Å².